The van der Waals surface area contributed by atoms with E-state index in [9.17, 15) is 4.79 Å². The second-order valence-corrected chi connectivity index (χ2v) is 6.69. The van der Waals surface area contributed by atoms with Gasteiger partial charge in [0.15, 0.2) is 12.4 Å². The zero-order valence-electron chi connectivity index (χ0n) is 13.7. The van der Waals surface area contributed by atoms with E-state index in [0.717, 1.165) is 0 Å². The predicted molar refractivity (Wildman–Crippen MR) is 94.0 cm³/mol. The van der Waals surface area contributed by atoms with Crippen LogP contribution in [-0.2, 0) is 4.79 Å². The Bertz CT molecular complexity index is 794. The van der Waals surface area contributed by atoms with Crippen molar-refractivity contribution in [3.8, 4) is 0 Å². The summed E-state index contributed by atoms with van der Waals surface area (Å²) in [6.45, 7) is 4.17. The minimum Gasteiger partial charge on any atom is -0.360 e. The van der Waals surface area contributed by atoms with E-state index in [1.54, 1.807) is 24.3 Å². The molecule has 0 aliphatic carbocycles. The Morgan fingerprint density at radius 3 is 2.71 bits per heavy atom. The van der Waals surface area contributed by atoms with Crippen molar-refractivity contribution < 1.29 is 14.6 Å². The van der Waals surface area contributed by atoms with E-state index < -0.39 is 0 Å². The molecule has 2 heterocycles. The summed E-state index contributed by atoms with van der Waals surface area (Å²) in [6, 6.07) is 14.4. The lowest BCUT2D eigenvalue weighted by Crippen LogP contribution is -2.87. The molecule has 3 aromatic rings. The van der Waals surface area contributed by atoms with Gasteiger partial charge in [-0.05, 0) is 25.3 Å². The van der Waals surface area contributed by atoms with E-state index in [1.165, 1.54) is 16.0 Å². The first-order chi connectivity index (χ1) is 11.6. The number of hydrogen-bond acceptors (Lipinski definition) is 4. The summed E-state index contributed by atoms with van der Waals surface area (Å²) in [7, 11) is 0. The molecule has 1 amide bonds. The van der Waals surface area contributed by atoms with Crippen LogP contribution in [0.5, 0.6) is 0 Å². The largest absolute Gasteiger partial charge is 0.360 e. The number of rotatable bonds is 6. The van der Waals surface area contributed by atoms with Crippen molar-refractivity contribution in [2.45, 2.75) is 19.9 Å². The van der Waals surface area contributed by atoms with Crippen LogP contribution in [0.3, 0.4) is 0 Å². The van der Waals surface area contributed by atoms with Crippen LogP contribution >= 0.6 is 11.3 Å². The van der Waals surface area contributed by atoms with Gasteiger partial charge in [0.25, 0.3) is 5.91 Å². The Hall–Kier alpha value is -2.44. The van der Waals surface area contributed by atoms with Gasteiger partial charge in [0.2, 0.25) is 0 Å². The zero-order chi connectivity index (χ0) is 16.9. The molecule has 0 spiro atoms. The summed E-state index contributed by atoms with van der Waals surface area (Å²) < 4.78 is 4.96. The van der Waals surface area contributed by atoms with Gasteiger partial charge in [-0.2, -0.15) is 0 Å². The van der Waals surface area contributed by atoms with Crippen LogP contribution in [0.1, 0.15) is 27.8 Å². The van der Waals surface area contributed by atoms with Gasteiger partial charge >= 0.3 is 0 Å². The molecule has 3 N–H and O–H groups in total. The van der Waals surface area contributed by atoms with Crippen molar-refractivity contribution in [2.75, 3.05) is 11.9 Å². The van der Waals surface area contributed by atoms with Gasteiger partial charge in [0.05, 0.1) is 4.88 Å². The molecule has 1 atom stereocenters. The molecule has 5 nitrogen and oxygen atoms in total. The van der Waals surface area contributed by atoms with Crippen LogP contribution in [0.15, 0.2) is 52.4 Å². The van der Waals surface area contributed by atoms with Crippen molar-refractivity contribution in [1.82, 2.24) is 5.16 Å². The molecule has 2 aromatic heterocycles. The lowest BCUT2D eigenvalue weighted by Gasteiger charge is -2.14. The Kier molecular flexibility index (Phi) is 5.08. The number of nitrogens with one attached hydrogen (secondary N) is 1. The second-order valence-electron chi connectivity index (χ2n) is 5.71. The fraction of sp³-hybridized carbons (Fsp3) is 0.222. The number of anilines is 1. The number of amides is 1. The third-order valence-electron chi connectivity index (χ3n) is 3.72. The third kappa shape index (κ3) is 4.10. The Labute approximate surface area is 144 Å². The van der Waals surface area contributed by atoms with Crippen LogP contribution in [0, 0.1) is 13.8 Å². The van der Waals surface area contributed by atoms with Gasteiger partial charge in [-0.15, -0.1) is 11.3 Å². The summed E-state index contributed by atoms with van der Waals surface area (Å²) in [4.78, 5) is 13.4. The molecule has 6 heteroatoms. The number of thiophene rings is 1. The highest BCUT2D eigenvalue weighted by atomic mass is 32.1. The van der Waals surface area contributed by atoms with Crippen LogP contribution < -0.4 is 10.6 Å². The molecule has 0 unspecified atom stereocenters. The highest BCUT2D eigenvalue weighted by molar-refractivity contribution is 7.10. The second kappa shape index (κ2) is 7.42. The molecular formula is C18H20N3O2S+. The van der Waals surface area contributed by atoms with Crippen LogP contribution in [0.4, 0.5) is 5.82 Å². The minimum absolute atomic E-state index is 0.100. The summed E-state index contributed by atoms with van der Waals surface area (Å²) in [5.41, 5.74) is 2.41. The van der Waals surface area contributed by atoms with Crippen molar-refractivity contribution in [1.29, 1.82) is 0 Å². The van der Waals surface area contributed by atoms with Crippen molar-refractivity contribution >= 4 is 23.1 Å². The first-order valence-electron chi connectivity index (χ1n) is 7.78. The molecule has 0 saturated carbocycles. The molecule has 0 bridgehead atoms. The number of nitrogens with two attached hydrogens (primary N) is 1. The average molecular weight is 342 g/mol. The maximum atomic E-state index is 12.2. The molecule has 1 aromatic carbocycles. The number of aromatic nitrogens is 1. The maximum absolute atomic E-state index is 12.2. The van der Waals surface area contributed by atoms with Crippen LogP contribution in [-0.4, -0.2) is 17.6 Å². The number of carbonyl (C=O) groups excluding carboxylic acids is 1. The number of carbonyl (C=O) groups is 1. The highest BCUT2D eigenvalue weighted by Gasteiger charge is 2.20. The lowest BCUT2D eigenvalue weighted by atomic mass is 10.0. The van der Waals surface area contributed by atoms with E-state index in [0.29, 0.717) is 18.1 Å². The average Bonchev–Trinajstić information content (AvgIpc) is 3.21. The molecule has 0 fully saturated rings. The Balaban J connectivity index is 1.68. The van der Waals surface area contributed by atoms with E-state index in [1.807, 2.05) is 11.4 Å². The molecule has 0 aliphatic heterocycles. The van der Waals surface area contributed by atoms with Crippen molar-refractivity contribution in [2.24, 2.45) is 0 Å². The monoisotopic (exact) mass is 342 g/mol. The van der Waals surface area contributed by atoms with Gasteiger partial charge in [-0.1, -0.05) is 41.1 Å². The molecular weight excluding hydrogens is 322 g/mol. The first-order valence-corrected chi connectivity index (χ1v) is 8.66. The SMILES string of the molecule is Cc1ccc([C@@H]([NH2+]CC(=O)Nc2cc(C)on2)c2cccs2)cc1. The van der Waals surface area contributed by atoms with E-state index >= 15 is 0 Å². The Morgan fingerprint density at radius 1 is 1.29 bits per heavy atom. The summed E-state index contributed by atoms with van der Waals surface area (Å²) in [6.07, 6.45) is 0. The van der Waals surface area contributed by atoms with Gasteiger partial charge in [0.1, 0.15) is 11.8 Å². The Morgan fingerprint density at radius 2 is 2.08 bits per heavy atom. The fourth-order valence-electron chi connectivity index (χ4n) is 2.50. The van der Waals surface area contributed by atoms with E-state index in [2.05, 4.69) is 53.1 Å². The molecule has 0 radical (unpaired) electrons. The summed E-state index contributed by atoms with van der Waals surface area (Å²) in [5.74, 6) is 1.02. The molecule has 0 aliphatic rings. The third-order valence-corrected chi connectivity index (χ3v) is 4.68. The number of benzene rings is 1. The topological polar surface area (TPSA) is 71.7 Å². The quantitative estimate of drug-likeness (QED) is 0.723. The summed E-state index contributed by atoms with van der Waals surface area (Å²) >= 11 is 1.70. The number of aryl methyl sites for hydroxylation is 2. The van der Waals surface area contributed by atoms with Crippen LogP contribution in [0.25, 0.3) is 0 Å². The van der Waals surface area contributed by atoms with Crippen molar-refractivity contribution in [3.63, 3.8) is 0 Å². The smallest absolute Gasteiger partial charge is 0.280 e. The maximum Gasteiger partial charge on any atom is 0.280 e. The fourth-order valence-corrected chi connectivity index (χ4v) is 3.35. The molecule has 24 heavy (non-hydrogen) atoms. The van der Waals surface area contributed by atoms with E-state index in [4.69, 9.17) is 4.52 Å². The minimum atomic E-state index is -0.100. The summed E-state index contributed by atoms with van der Waals surface area (Å²) in [5, 5.41) is 10.6. The standard InChI is InChI=1S/C18H19N3O2S/c1-12-5-7-14(8-6-12)18(15-4-3-9-24-15)19-11-17(22)20-16-10-13(2)23-21-16/h3-10,18-19H,11H2,1-2H3,(H,20,21,22)/p+1/t18-/m1/s1. The van der Waals surface area contributed by atoms with Crippen LogP contribution in [0.2, 0.25) is 0 Å². The number of quaternary nitrogens is 1. The van der Waals surface area contributed by atoms with Gasteiger partial charge < -0.3 is 15.2 Å². The van der Waals surface area contributed by atoms with Gasteiger partial charge in [-0.25, -0.2) is 0 Å². The number of nitrogens with zero attached hydrogens (tertiary/aromatic N) is 1. The predicted octanol–water partition coefficient (Wildman–Crippen LogP) is 2.64. The van der Waals surface area contributed by atoms with E-state index in [-0.39, 0.29) is 11.9 Å². The molecule has 0 saturated heterocycles. The molecule has 124 valence electrons. The first kappa shape index (κ1) is 16.4. The zero-order valence-corrected chi connectivity index (χ0v) is 14.5. The van der Waals surface area contributed by atoms with Gasteiger partial charge in [0, 0.05) is 11.6 Å². The normalized spacial score (nSPS) is 12.1. The van der Waals surface area contributed by atoms with Gasteiger partial charge in [-0.3, -0.25) is 4.79 Å². The lowest BCUT2D eigenvalue weighted by molar-refractivity contribution is -0.675. The number of hydrogen-bond donors (Lipinski definition) is 2. The highest BCUT2D eigenvalue weighted by Crippen LogP contribution is 2.23. The van der Waals surface area contributed by atoms with Crippen molar-refractivity contribution in [3.05, 3.63) is 69.6 Å². The molecule has 3 rings (SSSR count).